The van der Waals surface area contributed by atoms with E-state index in [4.69, 9.17) is 0 Å². The van der Waals surface area contributed by atoms with Crippen LogP contribution in [0, 0.1) is 0 Å². The van der Waals surface area contributed by atoms with Crippen LogP contribution in [0.5, 0.6) is 0 Å². The molecule has 0 fully saturated rings. The maximum Gasteiger partial charge on any atom is 0.416 e. The number of hydrogen-bond acceptors (Lipinski definition) is 1. The molecule has 0 amide bonds. The molecule has 4 heteroatoms. The zero-order valence-electron chi connectivity index (χ0n) is 11.0. The average molecular weight is 279 g/mol. The predicted octanol–water partition coefficient (Wildman–Crippen LogP) is 4.04. The van der Waals surface area contributed by atoms with E-state index in [2.05, 4.69) is 5.32 Å². The van der Waals surface area contributed by atoms with Crippen molar-refractivity contribution < 1.29 is 13.2 Å². The molecule has 106 valence electrons. The van der Waals surface area contributed by atoms with E-state index in [1.165, 1.54) is 12.1 Å². The van der Waals surface area contributed by atoms with Crippen LogP contribution in [0.3, 0.4) is 0 Å². The van der Waals surface area contributed by atoms with E-state index >= 15 is 0 Å². The molecule has 0 saturated heterocycles. The van der Waals surface area contributed by atoms with Crippen molar-refractivity contribution in [2.75, 3.05) is 6.54 Å². The van der Waals surface area contributed by atoms with Gasteiger partial charge in [-0.1, -0.05) is 48.5 Å². The Balaban J connectivity index is 1.83. The molecule has 0 radical (unpaired) electrons. The van der Waals surface area contributed by atoms with Gasteiger partial charge in [-0.05, 0) is 30.2 Å². The summed E-state index contributed by atoms with van der Waals surface area (Å²) >= 11 is 0. The Morgan fingerprint density at radius 2 is 1.55 bits per heavy atom. The van der Waals surface area contributed by atoms with E-state index in [-0.39, 0.29) is 0 Å². The minimum absolute atomic E-state index is 0.580. The van der Waals surface area contributed by atoms with Gasteiger partial charge in [-0.3, -0.25) is 0 Å². The van der Waals surface area contributed by atoms with E-state index < -0.39 is 11.7 Å². The van der Waals surface area contributed by atoms with Crippen LogP contribution in [0.4, 0.5) is 13.2 Å². The summed E-state index contributed by atoms with van der Waals surface area (Å²) in [5, 5.41) is 3.23. The van der Waals surface area contributed by atoms with Gasteiger partial charge in [0.25, 0.3) is 0 Å². The molecule has 0 atom stereocenters. The van der Waals surface area contributed by atoms with Crippen LogP contribution in [0.2, 0.25) is 0 Å². The first kappa shape index (κ1) is 14.6. The van der Waals surface area contributed by atoms with E-state index in [0.717, 1.165) is 18.2 Å². The molecule has 2 aromatic carbocycles. The molecule has 0 heterocycles. The highest BCUT2D eigenvalue weighted by molar-refractivity contribution is 5.25. The summed E-state index contributed by atoms with van der Waals surface area (Å²) in [4.78, 5) is 0. The van der Waals surface area contributed by atoms with Crippen molar-refractivity contribution >= 4 is 0 Å². The molecule has 0 unspecified atom stereocenters. The number of hydrogen-bond donors (Lipinski definition) is 1. The highest BCUT2D eigenvalue weighted by Crippen LogP contribution is 2.29. The highest BCUT2D eigenvalue weighted by Gasteiger charge is 2.30. The summed E-state index contributed by atoms with van der Waals surface area (Å²) < 4.78 is 37.7. The van der Waals surface area contributed by atoms with E-state index in [9.17, 15) is 13.2 Å². The summed E-state index contributed by atoms with van der Waals surface area (Å²) in [6.45, 7) is 1.37. The number of benzene rings is 2. The van der Waals surface area contributed by atoms with Gasteiger partial charge in [-0.2, -0.15) is 13.2 Å². The molecule has 0 spiro atoms. The number of halogens is 3. The molecule has 1 nitrogen and oxygen atoms in total. The van der Waals surface area contributed by atoms with Crippen LogP contribution in [0.25, 0.3) is 0 Å². The second kappa shape index (κ2) is 6.57. The van der Waals surface area contributed by atoms with Crippen molar-refractivity contribution in [1.82, 2.24) is 5.32 Å². The molecule has 1 N–H and O–H groups in total. The molecule has 0 aliphatic carbocycles. The third-order valence-corrected chi connectivity index (χ3v) is 3.02. The van der Waals surface area contributed by atoms with Crippen LogP contribution in [0.1, 0.15) is 16.7 Å². The molecule has 0 bridgehead atoms. The zero-order valence-corrected chi connectivity index (χ0v) is 11.0. The second-order valence-electron chi connectivity index (χ2n) is 4.61. The first-order chi connectivity index (χ1) is 9.55. The SMILES string of the molecule is FC(F)(F)c1cccc(CCNCc2ccccc2)c1. The van der Waals surface area contributed by atoms with Crippen LogP contribution >= 0.6 is 0 Å². The lowest BCUT2D eigenvalue weighted by Crippen LogP contribution is -2.17. The second-order valence-corrected chi connectivity index (χ2v) is 4.61. The molecule has 0 saturated carbocycles. The molecule has 0 aromatic heterocycles. The van der Waals surface area contributed by atoms with E-state index in [1.54, 1.807) is 6.07 Å². The number of alkyl halides is 3. The third-order valence-electron chi connectivity index (χ3n) is 3.02. The fourth-order valence-electron chi connectivity index (χ4n) is 1.96. The predicted molar refractivity (Wildman–Crippen MR) is 73.3 cm³/mol. The van der Waals surface area contributed by atoms with Crippen LogP contribution in [-0.2, 0) is 19.1 Å². The molecule has 2 aromatic rings. The Bertz CT molecular complexity index is 535. The monoisotopic (exact) mass is 279 g/mol. The van der Waals surface area contributed by atoms with Gasteiger partial charge >= 0.3 is 6.18 Å². The quantitative estimate of drug-likeness (QED) is 0.815. The smallest absolute Gasteiger partial charge is 0.312 e. The molecular weight excluding hydrogens is 263 g/mol. The number of nitrogens with one attached hydrogen (secondary N) is 1. The zero-order chi connectivity index (χ0) is 14.4. The minimum atomic E-state index is -4.27. The molecule has 2 rings (SSSR count). The fourth-order valence-corrected chi connectivity index (χ4v) is 1.96. The lowest BCUT2D eigenvalue weighted by atomic mass is 10.1. The van der Waals surface area contributed by atoms with Crippen molar-refractivity contribution in [3.63, 3.8) is 0 Å². The van der Waals surface area contributed by atoms with E-state index in [0.29, 0.717) is 18.5 Å². The highest BCUT2D eigenvalue weighted by atomic mass is 19.4. The van der Waals surface area contributed by atoms with Crippen molar-refractivity contribution in [1.29, 1.82) is 0 Å². The lowest BCUT2D eigenvalue weighted by Gasteiger charge is -2.09. The molecule has 20 heavy (non-hydrogen) atoms. The Kier molecular flexibility index (Phi) is 4.79. The van der Waals surface area contributed by atoms with Gasteiger partial charge in [0.05, 0.1) is 5.56 Å². The lowest BCUT2D eigenvalue weighted by molar-refractivity contribution is -0.137. The summed E-state index contributed by atoms with van der Waals surface area (Å²) in [7, 11) is 0. The maximum absolute atomic E-state index is 12.6. The maximum atomic E-state index is 12.6. The van der Waals surface area contributed by atoms with Gasteiger partial charge in [-0.15, -0.1) is 0 Å². The molecule has 0 aliphatic rings. The third kappa shape index (κ3) is 4.38. The van der Waals surface area contributed by atoms with Gasteiger partial charge in [0.15, 0.2) is 0 Å². The van der Waals surface area contributed by atoms with Crippen molar-refractivity contribution in [3.05, 3.63) is 71.3 Å². The summed E-state index contributed by atoms with van der Waals surface area (Å²) in [5.41, 5.74) is 1.27. The Hall–Kier alpha value is -1.81. The van der Waals surface area contributed by atoms with Gasteiger partial charge in [0, 0.05) is 6.54 Å². The van der Waals surface area contributed by atoms with Crippen molar-refractivity contribution in [3.8, 4) is 0 Å². The fraction of sp³-hybridized carbons (Fsp3) is 0.250. The van der Waals surface area contributed by atoms with Crippen molar-refractivity contribution in [2.24, 2.45) is 0 Å². The van der Waals surface area contributed by atoms with Gasteiger partial charge in [0.2, 0.25) is 0 Å². The topological polar surface area (TPSA) is 12.0 Å². The summed E-state index contributed by atoms with van der Waals surface area (Å²) in [5.74, 6) is 0. The first-order valence-corrected chi connectivity index (χ1v) is 6.46. The molecule has 0 aliphatic heterocycles. The Labute approximate surface area is 116 Å². The first-order valence-electron chi connectivity index (χ1n) is 6.46. The minimum Gasteiger partial charge on any atom is -0.312 e. The van der Waals surface area contributed by atoms with E-state index in [1.807, 2.05) is 30.3 Å². The Morgan fingerprint density at radius 3 is 2.25 bits per heavy atom. The van der Waals surface area contributed by atoms with Crippen LogP contribution in [0.15, 0.2) is 54.6 Å². The average Bonchev–Trinajstić information content (AvgIpc) is 2.44. The van der Waals surface area contributed by atoms with Gasteiger partial charge < -0.3 is 5.32 Å². The van der Waals surface area contributed by atoms with Crippen LogP contribution in [-0.4, -0.2) is 6.54 Å². The number of rotatable bonds is 5. The van der Waals surface area contributed by atoms with Crippen molar-refractivity contribution in [2.45, 2.75) is 19.1 Å². The summed E-state index contributed by atoms with van der Waals surface area (Å²) in [6, 6.07) is 15.4. The van der Waals surface area contributed by atoms with Gasteiger partial charge in [0.1, 0.15) is 0 Å². The molecular formula is C16H16F3N. The van der Waals surface area contributed by atoms with Gasteiger partial charge in [-0.25, -0.2) is 0 Å². The van der Waals surface area contributed by atoms with Crippen LogP contribution < -0.4 is 5.32 Å². The standard InChI is InChI=1S/C16H16F3N/c17-16(18,19)15-8-4-7-13(11-15)9-10-20-12-14-5-2-1-3-6-14/h1-8,11,20H,9-10,12H2. The summed E-state index contributed by atoms with van der Waals surface area (Å²) in [6.07, 6.45) is -3.69. The largest absolute Gasteiger partial charge is 0.416 e. The Morgan fingerprint density at radius 1 is 0.850 bits per heavy atom. The normalized spacial score (nSPS) is 11.6.